The second-order valence-corrected chi connectivity index (χ2v) is 10.8. The lowest BCUT2D eigenvalue weighted by Crippen LogP contribution is -2.58. The number of ether oxygens (including phenoxy) is 1. The third-order valence-electron chi connectivity index (χ3n) is 6.55. The minimum atomic E-state index is -1.26. The highest BCUT2D eigenvalue weighted by Crippen LogP contribution is 2.36. The van der Waals surface area contributed by atoms with Crippen molar-refractivity contribution >= 4 is 23.6 Å². The van der Waals surface area contributed by atoms with E-state index in [2.05, 4.69) is 10.6 Å². The van der Waals surface area contributed by atoms with Crippen LogP contribution in [0.1, 0.15) is 68.3 Å². The van der Waals surface area contributed by atoms with E-state index in [0.29, 0.717) is 11.3 Å². The number of carbonyl (C=O) groups excluding carboxylic acids is 3. The predicted molar refractivity (Wildman–Crippen MR) is 143 cm³/mol. The number of hydrogen-bond donors (Lipinski definition) is 3. The van der Waals surface area contributed by atoms with Gasteiger partial charge < -0.3 is 25.4 Å². The number of carbonyl (C=O) groups is 3. The molecule has 1 saturated carbocycles. The van der Waals surface area contributed by atoms with E-state index in [4.69, 9.17) is 4.74 Å². The molecule has 0 aromatic heterocycles. The van der Waals surface area contributed by atoms with Crippen LogP contribution in [0.2, 0.25) is 0 Å². The summed E-state index contributed by atoms with van der Waals surface area (Å²) in [6.07, 6.45) is 1.59. The number of alkyl carbamates (subject to hydrolysis) is 1. The molecule has 0 radical (unpaired) electrons. The maximum absolute atomic E-state index is 14.0. The number of nitrogens with zero attached hydrogens (tertiary/aromatic N) is 1. The average Bonchev–Trinajstić information content (AvgIpc) is 2.78. The summed E-state index contributed by atoms with van der Waals surface area (Å²) in [7, 11) is 0. The van der Waals surface area contributed by atoms with Gasteiger partial charge in [-0.05, 0) is 83.6 Å². The highest BCUT2D eigenvalue weighted by Gasteiger charge is 2.42. The summed E-state index contributed by atoms with van der Waals surface area (Å²) in [4.78, 5) is 41.9. The Balaban J connectivity index is 2.03. The standard InChI is InChI=1S/C29H39N3O5/c1-18-14-15-19(2)22(16-18)25(26(34)30-23-13-8-7-10-20(23)3)32(21-11-9-12-21)27(35)24(17-33)31-28(36)37-29(4,5)6/h7-8,10,13-16,21,24-25,33H,9,11-12,17H2,1-6H3,(H,30,34)(H,31,36). The Morgan fingerprint density at radius 1 is 1.05 bits per heavy atom. The van der Waals surface area contributed by atoms with Crippen molar-refractivity contribution in [3.05, 3.63) is 64.7 Å². The lowest BCUT2D eigenvalue weighted by molar-refractivity contribution is -0.146. The number of nitrogens with one attached hydrogen (secondary N) is 2. The first-order chi connectivity index (χ1) is 17.4. The quantitative estimate of drug-likeness (QED) is 0.484. The third-order valence-corrected chi connectivity index (χ3v) is 6.55. The van der Waals surface area contributed by atoms with Gasteiger partial charge in [0.1, 0.15) is 17.7 Å². The molecule has 200 valence electrons. The lowest BCUT2D eigenvalue weighted by atomic mass is 9.87. The summed E-state index contributed by atoms with van der Waals surface area (Å²) in [5, 5.41) is 15.6. The summed E-state index contributed by atoms with van der Waals surface area (Å²) in [5.41, 5.74) is 3.33. The number of anilines is 1. The van der Waals surface area contributed by atoms with Crippen molar-refractivity contribution in [1.29, 1.82) is 0 Å². The minimum absolute atomic E-state index is 0.200. The van der Waals surface area contributed by atoms with E-state index in [9.17, 15) is 19.5 Å². The van der Waals surface area contributed by atoms with E-state index >= 15 is 0 Å². The highest BCUT2D eigenvalue weighted by molar-refractivity contribution is 5.99. The average molecular weight is 510 g/mol. The summed E-state index contributed by atoms with van der Waals surface area (Å²) >= 11 is 0. The van der Waals surface area contributed by atoms with Crippen molar-refractivity contribution in [2.45, 2.75) is 84.5 Å². The van der Waals surface area contributed by atoms with Crippen molar-refractivity contribution in [2.24, 2.45) is 0 Å². The number of hydrogen-bond acceptors (Lipinski definition) is 5. The van der Waals surface area contributed by atoms with Crippen LogP contribution in [-0.2, 0) is 14.3 Å². The van der Waals surface area contributed by atoms with Gasteiger partial charge in [0.2, 0.25) is 5.91 Å². The summed E-state index contributed by atoms with van der Waals surface area (Å²) in [5.74, 6) is -0.874. The molecule has 1 aliphatic rings. The number of aryl methyl sites for hydroxylation is 3. The molecule has 1 fully saturated rings. The smallest absolute Gasteiger partial charge is 0.408 e. The highest BCUT2D eigenvalue weighted by atomic mass is 16.6. The Hall–Kier alpha value is -3.39. The van der Waals surface area contributed by atoms with E-state index in [-0.39, 0.29) is 11.9 Å². The number of benzene rings is 2. The molecule has 0 bridgehead atoms. The molecule has 3 amide bonds. The van der Waals surface area contributed by atoms with Gasteiger partial charge in [-0.3, -0.25) is 9.59 Å². The third kappa shape index (κ3) is 7.10. The van der Waals surface area contributed by atoms with E-state index in [1.807, 2.05) is 63.2 Å². The van der Waals surface area contributed by atoms with Gasteiger partial charge in [0, 0.05) is 11.7 Å². The molecule has 8 heteroatoms. The van der Waals surface area contributed by atoms with Crippen molar-refractivity contribution in [3.63, 3.8) is 0 Å². The number of rotatable bonds is 8. The molecule has 2 aromatic carbocycles. The fraction of sp³-hybridized carbons (Fsp3) is 0.483. The summed E-state index contributed by atoms with van der Waals surface area (Å²) in [6, 6.07) is 10.9. The molecule has 2 aromatic rings. The van der Waals surface area contributed by atoms with Gasteiger partial charge in [-0.25, -0.2) is 4.79 Å². The van der Waals surface area contributed by atoms with Crippen molar-refractivity contribution in [2.75, 3.05) is 11.9 Å². The number of aliphatic hydroxyl groups is 1. The van der Waals surface area contributed by atoms with Crippen molar-refractivity contribution < 1.29 is 24.2 Å². The topological polar surface area (TPSA) is 108 Å². The van der Waals surface area contributed by atoms with Crippen LogP contribution >= 0.6 is 0 Å². The second kappa shape index (κ2) is 11.8. The Kier molecular flexibility index (Phi) is 8.97. The SMILES string of the molecule is Cc1ccc(C)c(C(C(=O)Nc2ccccc2C)N(C(=O)C(CO)NC(=O)OC(C)(C)C)C2CCC2)c1. The van der Waals surface area contributed by atoms with Crippen LogP contribution in [0.3, 0.4) is 0 Å². The Morgan fingerprint density at radius 2 is 1.73 bits per heavy atom. The van der Waals surface area contributed by atoms with Gasteiger partial charge in [0.05, 0.1) is 6.61 Å². The molecule has 0 saturated heterocycles. The van der Waals surface area contributed by atoms with Crippen LogP contribution in [-0.4, -0.2) is 52.2 Å². The maximum Gasteiger partial charge on any atom is 0.408 e. The molecule has 2 atom stereocenters. The van der Waals surface area contributed by atoms with Gasteiger partial charge in [-0.15, -0.1) is 0 Å². The van der Waals surface area contributed by atoms with E-state index in [1.54, 1.807) is 25.7 Å². The van der Waals surface area contributed by atoms with Crippen molar-refractivity contribution in [1.82, 2.24) is 10.2 Å². The molecule has 0 aliphatic heterocycles. The second-order valence-electron chi connectivity index (χ2n) is 10.8. The van der Waals surface area contributed by atoms with Gasteiger partial charge in [0.15, 0.2) is 0 Å². The molecule has 3 rings (SSSR count). The Morgan fingerprint density at radius 3 is 2.30 bits per heavy atom. The maximum atomic E-state index is 14.0. The Bertz CT molecular complexity index is 1140. The molecule has 3 N–H and O–H groups in total. The zero-order valence-corrected chi connectivity index (χ0v) is 22.6. The molecule has 8 nitrogen and oxygen atoms in total. The largest absolute Gasteiger partial charge is 0.444 e. The Labute approximate surface area is 219 Å². The summed E-state index contributed by atoms with van der Waals surface area (Å²) < 4.78 is 5.31. The lowest BCUT2D eigenvalue weighted by Gasteiger charge is -2.43. The van der Waals surface area contributed by atoms with E-state index in [0.717, 1.165) is 36.0 Å². The van der Waals surface area contributed by atoms with Crippen LogP contribution in [0, 0.1) is 20.8 Å². The van der Waals surface area contributed by atoms with Gasteiger partial charge in [0.25, 0.3) is 5.91 Å². The van der Waals surface area contributed by atoms with Crippen LogP contribution in [0.5, 0.6) is 0 Å². The van der Waals surface area contributed by atoms with Gasteiger partial charge >= 0.3 is 6.09 Å². The van der Waals surface area contributed by atoms with Crippen LogP contribution in [0.25, 0.3) is 0 Å². The van der Waals surface area contributed by atoms with Gasteiger partial charge in [-0.2, -0.15) is 0 Å². The molecule has 0 spiro atoms. The normalized spacial score (nSPS) is 15.2. The monoisotopic (exact) mass is 509 g/mol. The van der Waals surface area contributed by atoms with Crippen LogP contribution < -0.4 is 10.6 Å². The fourth-order valence-corrected chi connectivity index (χ4v) is 4.38. The van der Waals surface area contributed by atoms with Crippen molar-refractivity contribution in [3.8, 4) is 0 Å². The minimum Gasteiger partial charge on any atom is -0.444 e. The van der Waals surface area contributed by atoms with Crippen LogP contribution in [0.4, 0.5) is 10.5 Å². The number of amides is 3. The zero-order valence-electron chi connectivity index (χ0n) is 22.6. The first kappa shape index (κ1) is 28.2. The predicted octanol–water partition coefficient (Wildman–Crippen LogP) is 4.56. The summed E-state index contributed by atoms with van der Waals surface area (Å²) in [6.45, 7) is 10.3. The van der Waals surface area contributed by atoms with E-state index < -0.39 is 36.3 Å². The molecule has 0 heterocycles. The van der Waals surface area contributed by atoms with Gasteiger partial charge in [-0.1, -0.05) is 42.0 Å². The molecule has 1 aliphatic carbocycles. The number of para-hydroxylation sites is 1. The molecular formula is C29H39N3O5. The fourth-order valence-electron chi connectivity index (χ4n) is 4.38. The molecular weight excluding hydrogens is 470 g/mol. The first-order valence-electron chi connectivity index (χ1n) is 12.8. The van der Waals surface area contributed by atoms with Crippen LogP contribution in [0.15, 0.2) is 42.5 Å². The molecule has 2 unspecified atom stereocenters. The first-order valence-corrected chi connectivity index (χ1v) is 12.8. The zero-order chi connectivity index (χ0) is 27.3. The molecule has 37 heavy (non-hydrogen) atoms. The number of aliphatic hydroxyl groups excluding tert-OH is 1. The van der Waals surface area contributed by atoms with E-state index in [1.165, 1.54) is 0 Å².